The van der Waals surface area contributed by atoms with E-state index in [0.717, 1.165) is 88.5 Å². The fourth-order valence-corrected chi connectivity index (χ4v) is 14.2. The number of hydrogen-bond acceptors (Lipinski definition) is 7. The van der Waals surface area contributed by atoms with Gasteiger partial charge >= 0.3 is 0 Å². The summed E-state index contributed by atoms with van der Waals surface area (Å²) in [5.41, 5.74) is 13.9. The van der Waals surface area contributed by atoms with E-state index in [1.54, 1.807) is 22.7 Å². The lowest BCUT2D eigenvalue weighted by atomic mass is 9.95. The van der Waals surface area contributed by atoms with Gasteiger partial charge in [0.25, 0.3) is 0 Å². The van der Waals surface area contributed by atoms with Crippen molar-refractivity contribution < 1.29 is 8.83 Å². The number of benzene rings is 11. The molecule has 0 saturated heterocycles. The highest BCUT2D eigenvalue weighted by Gasteiger charge is 2.22. The van der Waals surface area contributed by atoms with Crippen molar-refractivity contribution in [2.75, 3.05) is 0 Å². The minimum absolute atomic E-state index is 0.579. The first kappa shape index (κ1) is 42.6. The maximum atomic E-state index is 6.69. The molecular formula is C69H38N4O2S2. The Kier molecular flexibility index (Phi) is 9.07. The summed E-state index contributed by atoms with van der Waals surface area (Å²) >= 11 is 3.58. The zero-order valence-electron chi connectivity index (χ0n) is 40.9. The molecule has 11 aromatic carbocycles. The molecule has 0 unspecified atom stereocenters. The topological polar surface area (TPSA) is 69.9 Å². The van der Waals surface area contributed by atoms with Crippen molar-refractivity contribution in [3.63, 3.8) is 0 Å². The molecule has 0 bridgehead atoms. The summed E-state index contributed by atoms with van der Waals surface area (Å²) in [6.07, 6.45) is 0. The van der Waals surface area contributed by atoms with E-state index in [-0.39, 0.29) is 0 Å². The number of thiophene rings is 2. The largest absolute Gasteiger partial charge is 0.456 e. The predicted octanol–water partition coefficient (Wildman–Crippen LogP) is 19.8. The maximum Gasteiger partial charge on any atom is 0.164 e. The summed E-state index contributed by atoms with van der Waals surface area (Å²) in [6, 6.07) is 82.1. The maximum absolute atomic E-state index is 6.69. The Hall–Kier alpha value is -9.73. The van der Waals surface area contributed by atoms with Crippen LogP contribution in [0.25, 0.3) is 168 Å². The number of aromatic nitrogens is 4. The van der Waals surface area contributed by atoms with Gasteiger partial charge in [-0.3, -0.25) is 0 Å². The summed E-state index contributed by atoms with van der Waals surface area (Å²) in [5, 5.41) is 11.5. The number of para-hydroxylation sites is 2. The molecule has 0 aliphatic heterocycles. The molecule has 0 amide bonds. The molecule has 8 heteroatoms. The molecule has 0 spiro atoms. The van der Waals surface area contributed by atoms with Crippen LogP contribution in [0.3, 0.4) is 0 Å². The highest BCUT2D eigenvalue weighted by molar-refractivity contribution is 7.26. The van der Waals surface area contributed by atoms with E-state index in [2.05, 4.69) is 223 Å². The van der Waals surface area contributed by atoms with Gasteiger partial charge in [-0.1, -0.05) is 140 Å². The monoisotopic (exact) mass is 1020 g/mol. The predicted molar refractivity (Wildman–Crippen MR) is 322 cm³/mol. The molecule has 17 aromatic rings. The lowest BCUT2D eigenvalue weighted by molar-refractivity contribution is 0.669. The smallest absolute Gasteiger partial charge is 0.164 e. The molecule has 6 heterocycles. The Morgan fingerprint density at radius 2 is 0.766 bits per heavy atom. The molecule has 0 atom stereocenters. The molecule has 77 heavy (non-hydrogen) atoms. The van der Waals surface area contributed by atoms with Crippen LogP contribution >= 0.6 is 22.7 Å². The second kappa shape index (κ2) is 16.4. The van der Waals surface area contributed by atoms with E-state index in [4.69, 9.17) is 23.8 Å². The van der Waals surface area contributed by atoms with Crippen LogP contribution in [-0.4, -0.2) is 19.5 Å². The Bertz CT molecular complexity index is 5180. The minimum Gasteiger partial charge on any atom is -0.456 e. The lowest BCUT2D eigenvalue weighted by Gasteiger charge is -2.10. The first-order chi connectivity index (χ1) is 38.1. The number of nitrogens with zero attached hydrogens (tertiary/aromatic N) is 4. The van der Waals surface area contributed by atoms with E-state index in [9.17, 15) is 0 Å². The number of hydrogen-bond donors (Lipinski definition) is 0. The second-order valence-electron chi connectivity index (χ2n) is 19.8. The Morgan fingerprint density at radius 1 is 0.286 bits per heavy atom. The molecule has 358 valence electrons. The Morgan fingerprint density at radius 3 is 1.43 bits per heavy atom. The van der Waals surface area contributed by atoms with Crippen molar-refractivity contribution in [3.05, 3.63) is 231 Å². The van der Waals surface area contributed by atoms with Crippen molar-refractivity contribution in [2.24, 2.45) is 0 Å². The molecular weight excluding hydrogens is 981 g/mol. The van der Waals surface area contributed by atoms with Crippen molar-refractivity contribution >= 4 is 129 Å². The third kappa shape index (κ3) is 6.56. The fourth-order valence-electron chi connectivity index (χ4n) is 11.9. The summed E-state index contributed by atoms with van der Waals surface area (Å²) in [5.74, 6) is 1.81. The van der Waals surface area contributed by atoms with Crippen LogP contribution in [0, 0.1) is 0 Å². The molecule has 0 saturated carbocycles. The van der Waals surface area contributed by atoms with Gasteiger partial charge in [-0.2, -0.15) is 0 Å². The van der Waals surface area contributed by atoms with Gasteiger partial charge in [0.2, 0.25) is 0 Å². The number of rotatable bonds is 6. The average molecular weight is 1020 g/mol. The average Bonchev–Trinajstić information content (AvgIpc) is 4.35. The van der Waals surface area contributed by atoms with Gasteiger partial charge in [0.15, 0.2) is 17.5 Å². The number of fused-ring (bicyclic) bond motifs is 15. The van der Waals surface area contributed by atoms with E-state index in [1.807, 2.05) is 12.1 Å². The molecule has 6 nitrogen and oxygen atoms in total. The SMILES string of the molecule is c1ccc(-n2c3ccccc3c3cc(-c4ccc5oc6cccc(-c7ccc8oc9cccc(-c%10nc(-c%11ccc%12c(c%11)sc%11ccccc%11%12)nc(-c%11ccc%12c(c%11)sc%11ccccc%11%12)n%10)c9c8c7)c6c5c4)ccc32)cc1. The molecule has 0 N–H and O–H groups in total. The Labute approximate surface area is 447 Å². The van der Waals surface area contributed by atoms with Gasteiger partial charge in [0.05, 0.1) is 11.0 Å². The van der Waals surface area contributed by atoms with Crippen LogP contribution in [0.15, 0.2) is 239 Å². The van der Waals surface area contributed by atoms with Gasteiger partial charge in [-0.05, 0) is 113 Å². The van der Waals surface area contributed by atoms with Crippen LogP contribution in [0.5, 0.6) is 0 Å². The second-order valence-corrected chi connectivity index (χ2v) is 22.0. The van der Waals surface area contributed by atoms with E-state index in [0.29, 0.717) is 17.5 Å². The number of furan rings is 2. The van der Waals surface area contributed by atoms with E-state index in [1.165, 1.54) is 62.2 Å². The third-order valence-electron chi connectivity index (χ3n) is 15.5. The van der Waals surface area contributed by atoms with Gasteiger partial charge in [-0.15, -0.1) is 22.7 Å². The van der Waals surface area contributed by atoms with Crippen LogP contribution in [-0.2, 0) is 0 Å². The zero-order chi connectivity index (χ0) is 50.3. The van der Waals surface area contributed by atoms with Crippen LogP contribution in [0.2, 0.25) is 0 Å². The van der Waals surface area contributed by atoms with Crippen molar-refractivity contribution in [1.29, 1.82) is 0 Å². The lowest BCUT2D eigenvalue weighted by Crippen LogP contribution is -2.00. The Balaban J connectivity index is 0.820. The summed E-state index contributed by atoms with van der Waals surface area (Å²) in [4.78, 5) is 16.0. The first-order valence-electron chi connectivity index (χ1n) is 25.7. The summed E-state index contributed by atoms with van der Waals surface area (Å²) < 4.78 is 20.6. The summed E-state index contributed by atoms with van der Waals surface area (Å²) in [6.45, 7) is 0. The molecule has 0 radical (unpaired) electrons. The minimum atomic E-state index is 0.579. The highest BCUT2D eigenvalue weighted by Crippen LogP contribution is 2.45. The standard InChI is InChI=1S/C69H38N4O2S2/c1-2-12-44(13-3-1)73-55-19-7-4-14-46(55)52-34-39(26-31-56(52)73)40-27-32-57-53(35-40)65-45(17-10-20-59(65)74-57)41-28-33-58-54(36-41)66-51(18-11-21-60(66)75-58)69-71-67(42-24-29-49-47-15-5-8-22-61(47)76-63(49)37-42)70-68(72-69)43-25-30-50-48-16-6-9-23-62(48)77-64(50)38-43/h1-38H. The fraction of sp³-hybridized carbons (Fsp3) is 0. The molecule has 0 fully saturated rings. The van der Waals surface area contributed by atoms with Gasteiger partial charge in [-0.25, -0.2) is 15.0 Å². The van der Waals surface area contributed by atoms with Crippen molar-refractivity contribution in [1.82, 2.24) is 19.5 Å². The van der Waals surface area contributed by atoms with Crippen LogP contribution in [0.4, 0.5) is 0 Å². The summed E-state index contributed by atoms with van der Waals surface area (Å²) in [7, 11) is 0. The van der Waals surface area contributed by atoms with Gasteiger partial charge < -0.3 is 13.4 Å². The molecule has 0 aliphatic rings. The normalized spacial score (nSPS) is 12.2. The van der Waals surface area contributed by atoms with E-state index >= 15 is 0 Å². The van der Waals surface area contributed by atoms with Crippen molar-refractivity contribution in [2.45, 2.75) is 0 Å². The molecule has 6 aromatic heterocycles. The van der Waals surface area contributed by atoms with E-state index < -0.39 is 0 Å². The van der Waals surface area contributed by atoms with Crippen LogP contribution < -0.4 is 0 Å². The van der Waals surface area contributed by atoms with Crippen LogP contribution in [0.1, 0.15) is 0 Å². The molecule has 0 aliphatic carbocycles. The van der Waals surface area contributed by atoms with Crippen molar-refractivity contribution in [3.8, 4) is 62.1 Å². The zero-order valence-corrected chi connectivity index (χ0v) is 42.5. The van der Waals surface area contributed by atoms with Gasteiger partial charge in [0, 0.05) is 95.0 Å². The highest BCUT2D eigenvalue weighted by atomic mass is 32.1. The third-order valence-corrected chi connectivity index (χ3v) is 17.7. The molecule has 17 rings (SSSR count). The first-order valence-corrected chi connectivity index (χ1v) is 27.3. The quantitative estimate of drug-likeness (QED) is 0.166. The van der Waals surface area contributed by atoms with Gasteiger partial charge in [0.1, 0.15) is 22.3 Å².